The van der Waals surface area contributed by atoms with E-state index in [4.69, 9.17) is 9.47 Å². The fourth-order valence-corrected chi connectivity index (χ4v) is 2.05. The summed E-state index contributed by atoms with van der Waals surface area (Å²) in [6.07, 6.45) is 1.52. The van der Waals surface area contributed by atoms with Crippen LogP contribution >= 0.6 is 0 Å². The van der Waals surface area contributed by atoms with Crippen molar-refractivity contribution in [3.05, 3.63) is 59.4 Å². The van der Waals surface area contributed by atoms with Gasteiger partial charge in [0.2, 0.25) is 5.78 Å². The second-order valence-electron chi connectivity index (χ2n) is 4.36. The molecule has 3 rings (SSSR count). The maximum atomic E-state index is 12.1. The molecule has 0 saturated carbocycles. The number of benzene rings is 2. The third kappa shape index (κ3) is 2.01. The van der Waals surface area contributed by atoms with Gasteiger partial charge in [-0.25, -0.2) is 0 Å². The van der Waals surface area contributed by atoms with Crippen LogP contribution in [0.5, 0.6) is 17.2 Å². The summed E-state index contributed by atoms with van der Waals surface area (Å²) in [5, 5.41) is 9.89. The van der Waals surface area contributed by atoms with Gasteiger partial charge in [-0.2, -0.15) is 0 Å². The van der Waals surface area contributed by atoms with E-state index in [0.29, 0.717) is 22.6 Å². The van der Waals surface area contributed by atoms with Crippen LogP contribution in [0.1, 0.15) is 15.9 Å². The Hall–Kier alpha value is -2.75. The van der Waals surface area contributed by atoms with Crippen molar-refractivity contribution in [2.75, 3.05) is 7.11 Å². The highest BCUT2D eigenvalue weighted by Crippen LogP contribution is 2.33. The SMILES string of the molecule is COc1ccc(/C=C2\Oc3ccccc3C2=O)c(O)c1. The van der Waals surface area contributed by atoms with Gasteiger partial charge in [-0.1, -0.05) is 12.1 Å². The molecule has 0 atom stereocenters. The molecular weight excluding hydrogens is 256 g/mol. The Balaban J connectivity index is 1.97. The number of carbonyl (C=O) groups excluding carboxylic acids is 1. The molecule has 0 aliphatic carbocycles. The van der Waals surface area contributed by atoms with E-state index < -0.39 is 0 Å². The highest BCUT2D eigenvalue weighted by molar-refractivity contribution is 6.14. The second-order valence-corrected chi connectivity index (χ2v) is 4.36. The van der Waals surface area contributed by atoms with Gasteiger partial charge in [0.25, 0.3) is 0 Å². The number of Topliss-reactive ketones (excluding diaryl/α,β-unsaturated/α-hetero) is 1. The summed E-state index contributed by atoms with van der Waals surface area (Å²) < 4.78 is 10.5. The van der Waals surface area contributed by atoms with Crippen molar-refractivity contribution in [2.24, 2.45) is 0 Å². The highest BCUT2D eigenvalue weighted by Gasteiger charge is 2.26. The van der Waals surface area contributed by atoms with Crippen molar-refractivity contribution in [2.45, 2.75) is 0 Å². The maximum Gasteiger partial charge on any atom is 0.231 e. The standard InChI is InChI=1S/C16H12O4/c1-19-11-7-6-10(13(17)9-11)8-15-16(18)12-4-2-3-5-14(12)20-15/h2-9,17H,1H3/b15-8-. The molecule has 0 amide bonds. The molecule has 0 saturated heterocycles. The molecule has 4 nitrogen and oxygen atoms in total. The fraction of sp³-hybridized carbons (Fsp3) is 0.0625. The van der Waals surface area contributed by atoms with E-state index in [2.05, 4.69) is 0 Å². The Morgan fingerprint density at radius 1 is 1.20 bits per heavy atom. The zero-order valence-electron chi connectivity index (χ0n) is 10.8. The number of phenolic OH excluding ortho intramolecular Hbond substituents is 1. The number of allylic oxidation sites excluding steroid dienone is 1. The van der Waals surface area contributed by atoms with Crippen LogP contribution in [0, 0.1) is 0 Å². The minimum Gasteiger partial charge on any atom is -0.507 e. The highest BCUT2D eigenvalue weighted by atomic mass is 16.5. The first-order valence-corrected chi connectivity index (χ1v) is 6.09. The van der Waals surface area contributed by atoms with E-state index in [1.165, 1.54) is 19.3 Å². The molecule has 1 aliphatic heterocycles. The molecule has 4 heteroatoms. The van der Waals surface area contributed by atoms with E-state index in [9.17, 15) is 9.90 Å². The van der Waals surface area contributed by atoms with Crippen LogP contribution in [0.2, 0.25) is 0 Å². The molecule has 100 valence electrons. The van der Waals surface area contributed by atoms with Crippen LogP contribution in [0.4, 0.5) is 0 Å². The summed E-state index contributed by atoms with van der Waals surface area (Å²) in [4.78, 5) is 12.1. The monoisotopic (exact) mass is 268 g/mol. The van der Waals surface area contributed by atoms with Crippen molar-refractivity contribution in [1.82, 2.24) is 0 Å². The van der Waals surface area contributed by atoms with E-state index in [1.807, 2.05) is 0 Å². The molecule has 0 spiro atoms. The molecular formula is C16H12O4. The van der Waals surface area contributed by atoms with Gasteiger partial charge in [0.15, 0.2) is 5.76 Å². The van der Waals surface area contributed by atoms with Gasteiger partial charge in [0.1, 0.15) is 17.2 Å². The number of rotatable bonds is 2. The summed E-state index contributed by atoms with van der Waals surface area (Å²) in [6.45, 7) is 0. The Morgan fingerprint density at radius 3 is 2.70 bits per heavy atom. The van der Waals surface area contributed by atoms with E-state index in [0.717, 1.165) is 0 Å². The molecule has 1 N–H and O–H groups in total. The van der Waals surface area contributed by atoms with Crippen LogP contribution in [-0.4, -0.2) is 18.0 Å². The predicted octanol–water partition coefficient (Wildman–Crippen LogP) is 3.02. The van der Waals surface area contributed by atoms with Crippen molar-refractivity contribution >= 4 is 11.9 Å². The van der Waals surface area contributed by atoms with Crippen LogP contribution in [0.25, 0.3) is 6.08 Å². The van der Waals surface area contributed by atoms with Gasteiger partial charge in [0.05, 0.1) is 12.7 Å². The normalized spacial score (nSPS) is 15.1. The molecule has 1 heterocycles. The lowest BCUT2D eigenvalue weighted by Gasteiger charge is -2.04. The Morgan fingerprint density at radius 2 is 2.00 bits per heavy atom. The third-order valence-corrected chi connectivity index (χ3v) is 3.10. The smallest absolute Gasteiger partial charge is 0.231 e. The lowest BCUT2D eigenvalue weighted by Crippen LogP contribution is -1.98. The van der Waals surface area contributed by atoms with Crippen LogP contribution in [-0.2, 0) is 0 Å². The number of fused-ring (bicyclic) bond motifs is 1. The largest absolute Gasteiger partial charge is 0.507 e. The van der Waals surface area contributed by atoms with Crippen molar-refractivity contribution in [3.63, 3.8) is 0 Å². The number of hydrogen-bond acceptors (Lipinski definition) is 4. The topological polar surface area (TPSA) is 55.8 Å². The van der Waals surface area contributed by atoms with Gasteiger partial charge in [-0.15, -0.1) is 0 Å². The fourth-order valence-electron chi connectivity index (χ4n) is 2.05. The van der Waals surface area contributed by atoms with Crippen LogP contribution in [0.15, 0.2) is 48.2 Å². The molecule has 2 aromatic carbocycles. The van der Waals surface area contributed by atoms with E-state index in [1.54, 1.807) is 36.4 Å². The number of hydrogen-bond donors (Lipinski definition) is 1. The first kappa shape index (κ1) is 12.3. The quantitative estimate of drug-likeness (QED) is 0.851. The van der Waals surface area contributed by atoms with Gasteiger partial charge >= 0.3 is 0 Å². The Bertz CT molecular complexity index is 716. The van der Waals surface area contributed by atoms with Crippen molar-refractivity contribution in [1.29, 1.82) is 0 Å². The summed E-state index contributed by atoms with van der Waals surface area (Å²) in [5.74, 6) is 1.13. The molecule has 0 aromatic heterocycles. The third-order valence-electron chi connectivity index (χ3n) is 3.10. The lowest BCUT2D eigenvalue weighted by molar-refractivity contribution is 0.101. The number of ether oxygens (including phenoxy) is 2. The first-order chi connectivity index (χ1) is 9.69. The average Bonchev–Trinajstić information content (AvgIpc) is 2.78. The number of para-hydroxylation sites is 1. The molecule has 20 heavy (non-hydrogen) atoms. The van der Waals surface area contributed by atoms with E-state index in [-0.39, 0.29) is 17.3 Å². The van der Waals surface area contributed by atoms with Gasteiger partial charge in [-0.05, 0) is 30.3 Å². The van der Waals surface area contributed by atoms with Crippen molar-refractivity contribution < 1.29 is 19.4 Å². The number of ketones is 1. The Labute approximate surface area is 115 Å². The zero-order chi connectivity index (χ0) is 14.1. The summed E-state index contributed by atoms with van der Waals surface area (Å²) in [7, 11) is 1.52. The van der Waals surface area contributed by atoms with Gasteiger partial charge < -0.3 is 14.6 Å². The first-order valence-electron chi connectivity index (χ1n) is 6.09. The second kappa shape index (κ2) is 4.74. The minimum absolute atomic E-state index is 0.0317. The maximum absolute atomic E-state index is 12.1. The summed E-state index contributed by atoms with van der Waals surface area (Å²) in [6, 6.07) is 11.9. The molecule has 1 aliphatic rings. The molecule has 0 unspecified atom stereocenters. The minimum atomic E-state index is -0.184. The predicted molar refractivity (Wildman–Crippen MR) is 74.0 cm³/mol. The average molecular weight is 268 g/mol. The van der Waals surface area contributed by atoms with Gasteiger partial charge in [0, 0.05) is 11.6 Å². The van der Waals surface area contributed by atoms with E-state index >= 15 is 0 Å². The number of aromatic hydroxyl groups is 1. The van der Waals surface area contributed by atoms with Crippen molar-refractivity contribution in [3.8, 4) is 17.2 Å². The summed E-state index contributed by atoms with van der Waals surface area (Å²) >= 11 is 0. The molecule has 0 bridgehead atoms. The summed E-state index contributed by atoms with van der Waals surface area (Å²) in [5.41, 5.74) is 1.04. The lowest BCUT2D eigenvalue weighted by atomic mass is 10.1. The molecule has 0 radical (unpaired) electrons. The number of phenols is 1. The number of carbonyl (C=O) groups is 1. The zero-order valence-corrected chi connectivity index (χ0v) is 10.8. The molecule has 0 fully saturated rings. The molecule has 2 aromatic rings. The van der Waals surface area contributed by atoms with Crippen LogP contribution in [0.3, 0.4) is 0 Å². The van der Waals surface area contributed by atoms with Crippen LogP contribution < -0.4 is 9.47 Å². The number of methoxy groups -OCH3 is 1. The van der Waals surface area contributed by atoms with Gasteiger partial charge in [-0.3, -0.25) is 4.79 Å². The Kier molecular flexibility index (Phi) is 2.91.